The Labute approximate surface area is 201 Å². The second kappa shape index (κ2) is 10.0. The van der Waals surface area contributed by atoms with E-state index in [0.29, 0.717) is 23.7 Å². The van der Waals surface area contributed by atoms with Crippen molar-refractivity contribution in [3.63, 3.8) is 0 Å². The number of hydrogen-bond donors (Lipinski definition) is 0. The van der Waals surface area contributed by atoms with Gasteiger partial charge in [0.15, 0.2) is 28.1 Å². The Morgan fingerprint density at radius 2 is 1.73 bits per heavy atom. The highest BCUT2D eigenvalue weighted by Crippen LogP contribution is 2.52. The normalized spacial score (nSPS) is 19.5. The predicted octanol–water partition coefficient (Wildman–Crippen LogP) is 5.75. The van der Waals surface area contributed by atoms with Crippen LogP contribution in [0.3, 0.4) is 0 Å². The van der Waals surface area contributed by atoms with Gasteiger partial charge in [0.2, 0.25) is 0 Å². The van der Waals surface area contributed by atoms with Crippen LogP contribution in [0, 0.1) is 23.2 Å². The predicted molar refractivity (Wildman–Crippen MR) is 136 cm³/mol. The average molecular weight is 490 g/mol. The van der Waals surface area contributed by atoms with Crippen molar-refractivity contribution in [1.82, 2.24) is 0 Å². The molecule has 2 atom stereocenters. The largest absolute Gasteiger partial charge is 0.493 e. The Morgan fingerprint density at radius 3 is 2.24 bits per heavy atom. The van der Waals surface area contributed by atoms with Gasteiger partial charge in [0.05, 0.1) is 32.8 Å². The van der Waals surface area contributed by atoms with E-state index in [2.05, 4.69) is 45.7 Å². The molecule has 0 saturated heterocycles. The molecular weight excluding hydrogens is 450 g/mol. The number of carbonyl (C=O) groups excluding carboxylic acids is 1. The van der Waals surface area contributed by atoms with Gasteiger partial charge in [-0.05, 0) is 73.5 Å². The molecular formula is C25H39NO5Si2. The molecule has 0 saturated carbocycles. The zero-order chi connectivity index (χ0) is 25.2. The van der Waals surface area contributed by atoms with Crippen LogP contribution in [0.5, 0.6) is 11.5 Å². The summed E-state index contributed by atoms with van der Waals surface area (Å²) < 4.78 is 22.9. The van der Waals surface area contributed by atoms with Gasteiger partial charge >= 0.3 is 5.97 Å². The van der Waals surface area contributed by atoms with Crippen molar-refractivity contribution < 1.29 is 23.1 Å². The van der Waals surface area contributed by atoms with E-state index >= 15 is 0 Å². The number of benzene rings is 1. The fourth-order valence-corrected chi connectivity index (χ4v) is 13.7. The van der Waals surface area contributed by atoms with E-state index in [1.54, 1.807) is 14.2 Å². The highest BCUT2D eigenvalue weighted by Gasteiger charge is 2.44. The van der Waals surface area contributed by atoms with Gasteiger partial charge < -0.3 is 18.3 Å². The molecule has 1 aliphatic carbocycles. The van der Waals surface area contributed by atoms with Gasteiger partial charge in [0.1, 0.15) is 0 Å². The molecule has 0 amide bonds. The van der Waals surface area contributed by atoms with Gasteiger partial charge in [-0.1, -0.05) is 20.8 Å². The smallest absolute Gasteiger partial charge is 0.331 e. The quantitative estimate of drug-likeness (QED) is 0.249. The SMILES string of the molecule is COc1cc2c(cc1OC)C(C)(C)C(C#N)C2=CC(=O)OCC(C)C[Si](C)(C)O[Si](C)(C)C. The maximum absolute atomic E-state index is 12.8. The van der Waals surface area contributed by atoms with Crippen molar-refractivity contribution in [2.24, 2.45) is 11.8 Å². The van der Waals surface area contributed by atoms with Crippen LogP contribution < -0.4 is 9.47 Å². The molecule has 0 heterocycles. The molecule has 1 aromatic carbocycles. The van der Waals surface area contributed by atoms with Crippen molar-refractivity contribution >= 4 is 28.2 Å². The standard InChI is InChI=1S/C25H39NO5Si2/c1-17(16-33(9,10)31-32(6,7)8)15-30-24(27)12-19-18-11-22(28-4)23(29-5)13-20(18)25(2,3)21(19)14-26/h11-13,17,21H,15-16H2,1-10H3. The number of esters is 1. The number of nitriles is 1. The fraction of sp³-hybridized carbons (Fsp3) is 0.600. The molecule has 6 nitrogen and oxygen atoms in total. The molecule has 8 heteroatoms. The average Bonchev–Trinajstić information content (AvgIpc) is 2.88. The van der Waals surface area contributed by atoms with Crippen LogP contribution in [-0.2, 0) is 19.1 Å². The molecule has 2 rings (SSSR count). The minimum atomic E-state index is -1.83. The first-order valence-corrected chi connectivity index (χ1v) is 17.9. The molecule has 1 aliphatic rings. The Kier molecular flexibility index (Phi) is 8.26. The molecule has 1 aromatic rings. The molecule has 0 N–H and O–H groups in total. The van der Waals surface area contributed by atoms with Gasteiger partial charge in [-0.15, -0.1) is 0 Å². The van der Waals surface area contributed by atoms with Gasteiger partial charge in [-0.2, -0.15) is 5.26 Å². The van der Waals surface area contributed by atoms with E-state index in [1.807, 2.05) is 26.0 Å². The summed E-state index contributed by atoms with van der Waals surface area (Å²) in [7, 11) is -0.278. The lowest BCUT2D eigenvalue weighted by atomic mass is 9.78. The number of allylic oxidation sites excluding steroid dienone is 1. The Hall–Kier alpha value is -2.09. The molecule has 0 fully saturated rings. The maximum atomic E-state index is 12.8. The molecule has 2 unspecified atom stereocenters. The van der Waals surface area contributed by atoms with Gasteiger partial charge in [0.25, 0.3) is 0 Å². The van der Waals surface area contributed by atoms with Crippen LogP contribution in [0.25, 0.3) is 5.57 Å². The van der Waals surface area contributed by atoms with Crippen molar-refractivity contribution in [2.75, 3.05) is 20.8 Å². The summed E-state index contributed by atoms with van der Waals surface area (Å²) in [6.07, 6.45) is 1.47. The van der Waals surface area contributed by atoms with E-state index in [1.165, 1.54) is 6.08 Å². The topological polar surface area (TPSA) is 77.8 Å². The summed E-state index contributed by atoms with van der Waals surface area (Å²) >= 11 is 0. The van der Waals surface area contributed by atoms with Crippen LogP contribution in [0.15, 0.2) is 18.2 Å². The minimum absolute atomic E-state index is 0.203. The number of fused-ring (bicyclic) bond motifs is 1. The summed E-state index contributed by atoms with van der Waals surface area (Å²) in [6.45, 7) is 17.5. The van der Waals surface area contributed by atoms with E-state index in [-0.39, 0.29) is 5.92 Å². The molecule has 0 aliphatic heterocycles. The third-order valence-corrected chi connectivity index (χ3v) is 12.2. The summed E-state index contributed by atoms with van der Waals surface area (Å²) in [4.78, 5) is 12.8. The summed E-state index contributed by atoms with van der Waals surface area (Å²) in [5.41, 5.74) is 1.96. The van der Waals surface area contributed by atoms with Crippen molar-refractivity contribution in [1.29, 1.82) is 5.26 Å². The third-order valence-electron chi connectivity index (χ3n) is 5.90. The first-order valence-electron chi connectivity index (χ1n) is 11.4. The highest BCUT2D eigenvalue weighted by molar-refractivity contribution is 6.84. The van der Waals surface area contributed by atoms with Gasteiger partial charge in [0, 0.05) is 11.5 Å². The minimum Gasteiger partial charge on any atom is -0.493 e. The second-order valence-electron chi connectivity index (χ2n) is 11.0. The monoisotopic (exact) mass is 489 g/mol. The Bertz CT molecular complexity index is 957. The van der Waals surface area contributed by atoms with Crippen LogP contribution in [-0.4, -0.2) is 43.4 Å². The van der Waals surface area contributed by atoms with Crippen molar-refractivity contribution in [2.45, 2.75) is 65.0 Å². The maximum Gasteiger partial charge on any atom is 0.331 e. The number of methoxy groups -OCH3 is 2. The van der Waals surface area contributed by atoms with Crippen LogP contribution in [0.1, 0.15) is 31.9 Å². The van der Waals surface area contributed by atoms with E-state index in [0.717, 1.165) is 17.2 Å². The van der Waals surface area contributed by atoms with Crippen molar-refractivity contribution in [3.05, 3.63) is 29.3 Å². The number of carbonyl (C=O) groups is 1. The zero-order valence-corrected chi connectivity index (χ0v) is 23.8. The first-order chi connectivity index (χ1) is 15.1. The summed E-state index contributed by atoms with van der Waals surface area (Å²) in [5, 5.41) is 9.94. The molecule has 182 valence electrons. The van der Waals surface area contributed by atoms with E-state index in [4.69, 9.17) is 18.3 Å². The second-order valence-corrected chi connectivity index (χ2v) is 20.0. The van der Waals surface area contributed by atoms with Crippen LogP contribution in [0.2, 0.25) is 38.8 Å². The van der Waals surface area contributed by atoms with Crippen LogP contribution in [0.4, 0.5) is 0 Å². The fourth-order valence-electron chi connectivity index (χ4n) is 4.90. The molecule has 33 heavy (non-hydrogen) atoms. The summed E-state index contributed by atoms with van der Waals surface area (Å²) in [5.74, 6) is 0.458. The van der Waals surface area contributed by atoms with E-state index in [9.17, 15) is 10.1 Å². The number of ether oxygens (including phenoxy) is 3. The lowest BCUT2D eigenvalue weighted by molar-refractivity contribution is -0.138. The molecule has 0 aromatic heterocycles. The van der Waals surface area contributed by atoms with Gasteiger partial charge in [-0.25, -0.2) is 4.79 Å². The molecule has 0 spiro atoms. The Balaban J connectivity index is 2.23. The first kappa shape index (κ1) is 27.2. The highest BCUT2D eigenvalue weighted by atomic mass is 28.4. The zero-order valence-electron chi connectivity index (χ0n) is 21.8. The number of nitrogens with zero attached hydrogens (tertiary/aromatic N) is 1. The third kappa shape index (κ3) is 6.49. The van der Waals surface area contributed by atoms with Crippen molar-refractivity contribution in [3.8, 4) is 17.6 Å². The Morgan fingerprint density at radius 1 is 1.15 bits per heavy atom. The van der Waals surface area contributed by atoms with E-state index < -0.39 is 33.9 Å². The lowest BCUT2D eigenvalue weighted by Gasteiger charge is -2.33. The summed E-state index contributed by atoms with van der Waals surface area (Å²) in [6, 6.07) is 7.05. The lowest BCUT2D eigenvalue weighted by Crippen LogP contribution is -2.43. The molecule has 0 bridgehead atoms. The number of hydrogen-bond acceptors (Lipinski definition) is 6. The number of rotatable bonds is 9. The van der Waals surface area contributed by atoms with Gasteiger partial charge in [-0.3, -0.25) is 0 Å². The van der Waals surface area contributed by atoms with Crippen LogP contribution >= 0.6 is 0 Å². The molecule has 0 radical (unpaired) electrons.